The lowest BCUT2D eigenvalue weighted by atomic mass is 9.96. The van der Waals surface area contributed by atoms with E-state index in [4.69, 9.17) is 4.74 Å². The molecule has 1 aromatic heterocycles. The summed E-state index contributed by atoms with van der Waals surface area (Å²) in [7, 11) is 0. The van der Waals surface area contributed by atoms with E-state index in [2.05, 4.69) is 22.1 Å². The van der Waals surface area contributed by atoms with Crippen LogP contribution in [0.5, 0.6) is 5.75 Å². The predicted octanol–water partition coefficient (Wildman–Crippen LogP) is 5.06. The van der Waals surface area contributed by atoms with Crippen molar-refractivity contribution in [2.45, 2.75) is 38.8 Å². The number of carbonyl (C=O) groups is 1. The molecule has 0 spiro atoms. The number of hydrogen-bond acceptors (Lipinski definition) is 4. The van der Waals surface area contributed by atoms with Crippen molar-refractivity contribution in [3.8, 4) is 17.6 Å². The number of ether oxygens (including phenoxy) is 1. The molecule has 1 amide bonds. The number of aromatic hydroxyl groups is 1. The Hall–Kier alpha value is -3.76. The first-order valence-electron chi connectivity index (χ1n) is 11.4. The lowest BCUT2D eigenvalue weighted by Crippen LogP contribution is -2.30. The van der Waals surface area contributed by atoms with Gasteiger partial charge in [0.05, 0.1) is 12.1 Å². The Morgan fingerprint density at radius 3 is 2.63 bits per heavy atom. The van der Waals surface area contributed by atoms with E-state index >= 15 is 0 Å². The van der Waals surface area contributed by atoms with E-state index in [-0.39, 0.29) is 29.0 Å². The van der Waals surface area contributed by atoms with Crippen molar-refractivity contribution in [1.82, 2.24) is 10.3 Å². The lowest BCUT2D eigenvalue weighted by molar-refractivity contribution is 0.0144. The van der Waals surface area contributed by atoms with Gasteiger partial charge in [-0.15, -0.1) is 0 Å². The molecule has 5 nitrogen and oxygen atoms in total. The van der Waals surface area contributed by atoms with Crippen molar-refractivity contribution in [2.75, 3.05) is 6.61 Å². The third-order valence-electron chi connectivity index (χ3n) is 5.87. The van der Waals surface area contributed by atoms with Gasteiger partial charge in [0.25, 0.3) is 5.91 Å². The molecule has 1 unspecified atom stereocenters. The van der Waals surface area contributed by atoms with Crippen LogP contribution >= 0.6 is 0 Å². The summed E-state index contributed by atoms with van der Waals surface area (Å²) in [5, 5.41) is 13.2. The number of phenols is 1. The van der Waals surface area contributed by atoms with Crippen LogP contribution in [0.4, 0.5) is 8.78 Å². The average molecular weight is 477 g/mol. The number of aromatic nitrogens is 1. The van der Waals surface area contributed by atoms with E-state index < -0.39 is 23.6 Å². The van der Waals surface area contributed by atoms with Crippen molar-refractivity contribution in [3.63, 3.8) is 0 Å². The highest BCUT2D eigenvalue weighted by molar-refractivity contribution is 5.93. The summed E-state index contributed by atoms with van der Waals surface area (Å²) in [5.74, 6) is 4.89. The van der Waals surface area contributed by atoms with Gasteiger partial charge in [-0.05, 0) is 74.7 Å². The zero-order valence-corrected chi connectivity index (χ0v) is 19.5. The molecule has 4 rings (SSSR count). The van der Waals surface area contributed by atoms with Crippen LogP contribution in [0.25, 0.3) is 0 Å². The molecule has 1 saturated heterocycles. The molecule has 180 valence electrons. The molecule has 0 bridgehead atoms. The number of amides is 1. The smallest absolute Gasteiger partial charge is 0.270 e. The Labute approximate surface area is 203 Å². The van der Waals surface area contributed by atoms with Gasteiger partial charge >= 0.3 is 0 Å². The maximum atomic E-state index is 14.0. The molecule has 0 saturated carbocycles. The Morgan fingerprint density at radius 2 is 1.89 bits per heavy atom. The van der Waals surface area contributed by atoms with Gasteiger partial charge < -0.3 is 15.2 Å². The minimum Gasteiger partial charge on any atom is -0.508 e. The molecule has 35 heavy (non-hydrogen) atoms. The normalized spacial score (nSPS) is 18.3. The highest BCUT2D eigenvalue weighted by atomic mass is 19.1. The third-order valence-corrected chi connectivity index (χ3v) is 5.87. The number of halogens is 2. The van der Waals surface area contributed by atoms with E-state index in [0.717, 1.165) is 25.0 Å². The van der Waals surface area contributed by atoms with Crippen molar-refractivity contribution in [2.24, 2.45) is 5.92 Å². The fourth-order valence-corrected chi connectivity index (χ4v) is 4.13. The topological polar surface area (TPSA) is 71.5 Å². The van der Waals surface area contributed by atoms with Gasteiger partial charge in [-0.2, -0.15) is 0 Å². The van der Waals surface area contributed by atoms with Crippen molar-refractivity contribution in [3.05, 3.63) is 94.3 Å². The van der Waals surface area contributed by atoms with Gasteiger partial charge in [0.2, 0.25) is 0 Å². The maximum absolute atomic E-state index is 14.0. The van der Waals surface area contributed by atoms with Gasteiger partial charge in [0, 0.05) is 29.3 Å². The number of hydrogen-bond donors (Lipinski definition) is 2. The molecule has 1 aliphatic rings. The summed E-state index contributed by atoms with van der Waals surface area (Å²) in [6, 6.07) is 11.4. The molecule has 1 aliphatic heterocycles. The summed E-state index contributed by atoms with van der Waals surface area (Å²) in [4.78, 5) is 17.6. The molecule has 2 heterocycles. The van der Waals surface area contributed by atoms with Crippen LogP contribution in [0.2, 0.25) is 0 Å². The number of benzene rings is 2. The Balaban J connectivity index is 1.63. The Kier molecular flexibility index (Phi) is 7.42. The van der Waals surface area contributed by atoms with E-state index in [1.165, 1.54) is 30.3 Å². The number of phenolic OH excluding ortho intramolecular Hbond substituents is 1. The van der Waals surface area contributed by atoms with Crippen molar-refractivity contribution in [1.29, 1.82) is 0 Å². The molecular weight excluding hydrogens is 450 g/mol. The Morgan fingerprint density at radius 1 is 1.14 bits per heavy atom. The van der Waals surface area contributed by atoms with E-state index in [0.29, 0.717) is 23.4 Å². The fraction of sp³-hybridized carbons (Fsp3) is 0.286. The zero-order valence-electron chi connectivity index (χ0n) is 19.5. The van der Waals surface area contributed by atoms with Gasteiger partial charge in [0.1, 0.15) is 23.1 Å². The molecular formula is C28H26F2N2O3. The summed E-state index contributed by atoms with van der Waals surface area (Å²) in [6.07, 6.45) is 1.90. The monoisotopic (exact) mass is 476 g/mol. The number of aryl methyl sites for hydroxylation is 1. The second kappa shape index (κ2) is 10.7. The summed E-state index contributed by atoms with van der Waals surface area (Å²) in [6.45, 7) is 4.48. The van der Waals surface area contributed by atoms with Crippen LogP contribution < -0.4 is 5.32 Å². The first-order chi connectivity index (χ1) is 16.8. The van der Waals surface area contributed by atoms with Crippen molar-refractivity contribution < 1.29 is 23.4 Å². The van der Waals surface area contributed by atoms with Crippen LogP contribution in [0, 0.1) is 36.3 Å². The predicted molar refractivity (Wildman–Crippen MR) is 128 cm³/mol. The van der Waals surface area contributed by atoms with Crippen LogP contribution in [0.3, 0.4) is 0 Å². The molecule has 1 fully saturated rings. The van der Waals surface area contributed by atoms with E-state index in [9.17, 15) is 18.7 Å². The summed E-state index contributed by atoms with van der Waals surface area (Å²) >= 11 is 0. The number of nitrogens with one attached hydrogen (secondary N) is 1. The van der Waals surface area contributed by atoms with Gasteiger partial charge in [-0.1, -0.05) is 24.0 Å². The molecule has 3 aromatic rings. The van der Waals surface area contributed by atoms with Crippen LogP contribution in [-0.4, -0.2) is 28.7 Å². The molecule has 2 N–H and O–H groups in total. The standard InChI is InChI=1S/C28H26F2N2O3/c1-17-13-20(4-3-19-11-12-35-18(2)14-19)15-25(31-17)28(34)32-27(21-5-7-22(29)8-6-21)24-16-23(30)9-10-26(24)33/h5-10,13,15-16,18-19,27,33H,11-12,14H2,1-2H3,(H,32,34)/t18-,19-,27?/m0/s1. The zero-order chi connectivity index (χ0) is 24.9. The summed E-state index contributed by atoms with van der Waals surface area (Å²) in [5.41, 5.74) is 2.04. The van der Waals surface area contributed by atoms with Crippen LogP contribution in [0.15, 0.2) is 54.6 Å². The van der Waals surface area contributed by atoms with E-state index in [1.54, 1.807) is 13.0 Å². The fourth-order valence-electron chi connectivity index (χ4n) is 4.13. The quantitative estimate of drug-likeness (QED) is 0.517. The minimum atomic E-state index is -0.931. The van der Waals surface area contributed by atoms with Gasteiger partial charge in [-0.3, -0.25) is 4.79 Å². The number of pyridine rings is 1. The Bertz CT molecular complexity index is 1280. The van der Waals surface area contributed by atoms with Crippen molar-refractivity contribution >= 4 is 5.91 Å². The first-order valence-corrected chi connectivity index (χ1v) is 11.4. The largest absolute Gasteiger partial charge is 0.508 e. The molecule has 7 heteroatoms. The van der Waals surface area contributed by atoms with Gasteiger partial charge in [-0.25, -0.2) is 13.8 Å². The molecule has 2 aromatic carbocycles. The highest BCUT2D eigenvalue weighted by Gasteiger charge is 2.23. The molecule has 3 atom stereocenters. The van der Waals surface area contributed by atoms with E-state index in [1.807, 2.05) is 13.0 Å². The SMILES string of the molecule is Cc1cc(C#C[C@H]2CCO[C@@H](C)C2)cc(C(=O)NC(c2ccc(F)cc2)c2cc(F)ccc2O)n1. The summed E-state index contributed by atoms with van der Waals surface area (Å²) < 4.78 is 33.1. The van der Waals surface area contributed by atoms with Crippen LogP contribution in [0.1, 0.15) is 58.7 Å². The van der Waals surface area contributed by atoms with Gasteiger partial charge in [0.15, 0.2) is 0 Å². The minimum absolute atomic E-state index is 0.137. The number of rotatable bonds is 4. The highest BCUT2D eigenvalue weighted by Crippen LogP contribution is 2.30. The molecule has 0 radical (unpaired) electrons. The third kappa shape index (κ3) is 6.23. The number of carbonyl (C=O) groups excluding carboxylic acids is 1. The van der Waals surface area contributed by atoms with Crippen LogP contribution in [-0.2, 0) is 4.74 Å². The second-order valence-electron chi connectivity index (χ2n) is 8.72. The second-order valence-corrected chi connectivity index (χ2v) is 8.72. The lowest BCUT2D eigenvalue weighted by Gasteiger charge is -2.23. The number of nitrogens with zero attached hydrogens (tertiary/aromatic N) is 1. The molecule has 0 aliphatic carbocycles. The first kappa shape index (κ1) is 24.4. The average Bonchev–Trinajstić information content (AvgIpc) is 2.83. The maximum Gasteiger partial charge on any atom is 0.270 e.